The minimum absolute atomic E-state index is 0.114. The number of nitrogens with zero attached hydrogens (tertiary/aromatic N) is 1. The van der Waals surface area contributed by atoms with Crippen molar-refractivity contribution in [1.29, 1.82) is 0 Å². The van der Waals surface area contributed by atoms with Gasteiger partial charge >= 0.3 is 5.97 Å². The van der Waals surface area contributed by atoms with Gasteiger partial charge in [-0.05, 0) is 61.4 Å². The molecule has 4 rings (SSSR count). The van der Waals surface area contributed by atoms with Gasteiger partial charge < -0.3 is 14.4 Å². The summed E-state index contributed by atoms with van der Waals surface area (Å²) in [5.74, 6) is -0.898. The van der Waals surface area contributed by atoms with Crippen LogP contribution in [0.25, 0.3) is 0 Å². The molecule has 1 aliphatic heterocycles. The molecule has 1 fully saturated rings. The summed E-state index contributed by atoms with van der Waals surface area (Å²) in [7, 11) is 0. The van der Waals surface area contributed by atoms with Crippen LogP contribution in [0.5, 0.6) is 0 Å². The van der Waals surface area contributed by atoms with Crippen molar-refractivity contribution in [3.05, 3.63) is 105 Å². The normalized spacial score (nSPS) is 16.5. The maximum absolute atomic E-state index is 12.6. The highest BCUT2D eigenvalue weighted by Crippen LogP contribution is 2.40. The molecule has 0 saturated carbocycles. The Morgan fingerprint density at radius 2 is 1.42 bits per heavy atom. The average Bonchev–Trinajstić information content (AvgIpc) is 2.89. The minimum atomic E-state index is -0.492. The molecule has 1 saturated heterocycles. The van der Waals surface area contributed by atoms with E-state index >= 15 is 0 Å². The summed E-state index contributed by atoms with van der Waals surface area (Å²) >= 11 is 12.0. The highest BCUT2D eigenvalue weighted by Gasteiger charge is 2.39. The van der Waals surface area contributed by atoms with Crippen LogP contribution in [-0.4, -0.2) is 36.5 Å². The molecule has 3 aromatic rings. The molecule has 0 N–H and O–H groups in total. The topological polar surface area (TPSA) is 55.8 Å². The molecule has 5 nitrogen and oxygen atoms in total. The van der Waals surface area contributed by atoms with E-state index in [-0.39, 0.29) is 31.5 Å². The second kappa shape index (κ2) is 16.1. The summed E-state index contributed by atoms with van der Waals surface area (Å²) in [6, 6.07) is 20.3. The molecule has 204 valence electrons. The summed E-state index contributed by atoms with van der Waals surface area (Å²) in [6.45, 7) is 7.90. The summed E-state index contributed by atoms with van der Waals surface area (Å²) < 4.78 is 23.0. The largest absolute Gasteiger partial charge is 0.465 e. The lowest BCUT2D eigenvalue weighted by molar-refractivity contribution is -0.166. The van der Waals surface area contributed by atoms with E-state index in [1.54, 1.807) is 43.3 Å². The number of halogens is 3. The molecular formula is C30H34Cl2FNO4. The van der Waals surface area contributed by atoms with E-state index in [4.69, 9.17) is 32.7 Å². The fourth-order valence-electron chi connectivity index (χ4n) is 3.66. The van der Waals surface area contributed by atoms with E-state index in [0.29, 0.717) is 10.0 Å². The number of hydrogen-bond donors (Lipinski definition) is 0. The van der Waals surface area contributed by atoms with Gasteiger partial charge in [0.1, 0.15) is 25.1 Å². The average molecular weight is 563 g/mol. The predicted octanol–water partition coefficient (Wildman–Crippen LogP) is 7.75. The number of rotatable bonds is 5. The van der Waals surface area contributed by atoms with Crippen LogP contribution in [0.15, 0.2) is 72.8 Å². The van der Waals surface area contributed by atoms with Crippen LogP contribution in [0.1, 0.15) is 56.0 Å². The maximum Gasteiger partial charge on any atom is 0.325 e. The van der Waals surface area contributed by atoms with Crippen LogP contribution < -0.4 is 0 Å². The van der Waals surface area contributed by atoms with Gasteiger partial charge in [-0.1, -0.05) is 85.4 Å². The quantitative estimate of drug-likeness (QED) is 0.299. The van der Waals surface area contributed by atoms with E-state index in [1.807, 2.05) is 31.2 Å². The van der Waals surface area contributed by atoms with Crippen molar-refractivity contribution < 1.29 is 23.5 Å². The second-order valence-electron chi connectivity index (χ2n) is 8.61. The van der Waals surface area contributed by atoms with Crippen LogP contribution in [0.4, 0.5) is 4.39 Å². The zero-order valence-corrected chi connectivity index (χ0v) is 23.6. The van der Waals surface area contributed by atoms with Gasteiger partial charge in [-0.15, -0.1) is 0 Å². The van der Waals surface area contributed by atoms with Crippen molar-refractivity contribution in [3.8, 4) is 0 Å². The van der Waals surface area contributed by atoms with Crippen LogP contribution in [0, 0.1) is 12.7 Å². The van der Waals surface area contributed by atoms with Gasteiger partial charge in [0.15, 0.2) is 0 Å². The van der Waals surface area contributed by atoms with Crippen molar-refractivity contribution in [2.75, 3.05) is 19.8 Å². The Kier molecular flexibility index (Phi) is 13.3. The molecule has 0 aliphatic carbocycles. The second-order valence-corrected chi connectivity index (χ2v) is 9.48. The lowest BCUT2D eigenvalue weighted by Gasteiger charge is -2.41. The highest BCUT2D eigenvalue weighted by molar-refractivity contribution is 6.30. The Bertz CT molecular complexity index is 1120. The Balaban J connectivity index is 0.000000385. The molecule has 0 aromatic heterocycles. The molecule has 8 heteroatoms. The number of benzene rings is 3. The molecule has 1 aliphatic rings. The van der Waals surface area contributed by atoms with Crippen LogP contribution in [0.2, 0.25) is 10.0 Å². The number of hydrogen-bond acceptors (Lipinski definition) is 4. The fraction of sp³-hybridized carbons (Fsp3) is 0.333. The Morgan fingerprint density at radius 1 is 0.921 bits per heavy atom. The number of morpholine rings is 1. The number of esters is 1. The molecule has 0 bridgehead atoms. The van der Waals surface area contributed by atoms with Crippen LogP contribution in [0.3, 0.4) is 0 Å². The summed E-state index contributed by atoms with van der Waals surface area (Å²) in [6.07, 6.45) is 0.801. The van der Waals surface area contributed by atoms with E-state index in [0.717, 1.165) is 16.7 Å². The first-order valence-corrected chi connectivity index (χ1v) is 13.2. The van der Waals surface area contributed by atoms with Crippen molar-refractivity contribution in [2.45, 2.75) is 46.3 Å². The summed E-state index contributed by atoms with van der Waals surface area (Å²) in [5.41, 5.74) is 2.77. The Labute approximate surface area is 234 Å². The molecule has 1 heterocycles. The third kappa shape index (κ3) is 9.75. The summed E-state index contributed by atoms with van der Waals surface area (Å²) in [5, 5.41) is 1.19. The summed E-state index contributed by atoms with van der Waals surface area (Å²) in [4.78, 5) is 26.1. The Hall–Kier alpha value is -2.93. The molecule has 38 heavy (non-hydrogen) atoms. The first-order chi connectivity index (χ1) is 18.2. The van der Waals surface area contributed by atoms with Gasteiger partial charge in [-0.3, -0.25) is 9.59 Å². The number of carbonyl (C=O) groups is 2. The van der Waals surface area contributed by atoms with Crippen molar-refractivity contribution >= 4 is 35.1 Å². The van der Waals surface area contributed by atoms with Gasteiger partial charge in [0.05, 0.1) is 12.6 Å². The minimum Gasteiger partial charge on any atom is -0.465 e. The SMILES string of the molecule is CCC.CCOC(=O)CN1C(=O)COC(c2ccc(Cl)cc2)C1c1ccc(Cl)cc1.Cc1ccc(F)cc1. The molecule has 1 amide bonds. The van der Waals surface area contributed by atoms with Crippen LogP contribution >= 0.6 is 23.2 Å². The van der Waals surface area contributed by atoms with Gasteiger partial charge in [0.25, 0.3) is 0 Å². The number of aryl methyl sites for hydroxylation is 1. The standard InChI is InChI=1S/C20H19Cl2NO4.C7H7F.C3H8/c1-2-26-18(25)11-23-17(24)12-27-20(14-5-9-16(22)10-6-14)19(23)13-3-7-15(21)8-4-13;1-6-2-4-7(8)5-3-6;1-3-2/h3-10,19-20H,2,11-12H2,1H3;2-5H,1H3;3H2,1-2H3. The first kappa shape index (κ1) is 31.3. The number of carbonyl (C=O) groups excluding carboxylic acids is 2. The maximum atomic E-state index is 12.6. The third-order valence-electron chi connectivity index (χ3n) is 5.35. The van der Waals surface area contributed by atoms with Gasteiger partial charge in [0.2, 0.25) is 5.91 Å². The van der Waals surface area contributed by atoms with Crippen molar-refractivity contribution in [2.24, 2.45) is 0 Å². The lowest BCUT2D eigenvalue weighted by atomic mass is 9.92. The monoisotopic (exact) mass is 561 g/mol. The lowest BCUT2D eigenvalue weighted by Crippen LogP contribution is -2.48. The molecule has 0 spiro atoms. The molecule has 2 unspecified atom stereocenters. The Morgan fingerprint density at radius 3 is 1.89 bits per heavy atom. The number of ether oxygens (including phenoxy) is 2. The smallest absolute Gasteiger partial charge is 0.325 e. The zero-order valence-electron chi connectivity index (χ0n) is 22.1. The highest BCUT2D eigenvalue weighted by atomic mass is 35.5. The third-order valence-corrected chi connectivity index (χ3v) is 5.86. The first-order valence-electron chi connectivity index (χ1n) is 12.5. The predicted molar refractivity (Wildman–Crippen MR) is 150 cm³/mol. The fourth-order valence-corrected chi connectivity index (χ4v) is 3.92. The molecule has 2 atom stereocenters. The van der Waals surface area contributed by atoms with E-state index < -0.39 is 18.1 Å². The van der Waals surface area contributed by atoms with E-state index in [9.17, 15) is 14.0 Å². The molecule has 3 aromatic carbocycles. The van der Waals surface area contributed by atoms with Gasteiger partial charge in [-0.2, -0.15) is 0 Å². The van der Waals surface area contributed by atoms with E-state index in [2.05, 4.69) is 13.8 Å². The van der Waals surface area contributed by atoms with Crippen molar-refractivity contribution in [1.82, 2.24) is 4.90 Å². The molecule has 0 radical (unpaired) electrons. The molecular weight excluding hydrogens is 528 g/mol. The van der Waals surface area contributed by atoms with Gasteiger partial charge in [0, 0.05) is 10.0 Å². The van der Waals surface area contributed by atoms with Crippen LogP contribution in [-0.2, 0) is 19.1 Å². The van der Waals surface area contributed by atoms with Crippen molar-refractivity contribution in [3.63, 3.8) is 0 Å². The zero-order chi connectivity index (χ0) is 28.1. The van der Waals surface area contributed by atoms with Gasteiger partial charge in [-0.25, -0.2) is 4.39 Å². The van der Waals surface area contributed by atoms with E-state index in [1.165, 1.54) is 23.5 Å². The number of amides is 1.